The van der Waals surface area contributed by atoms with Crippen molar-refractivity contribution in [1.82, 2.24) is 0 Å². The molecule has 4 N–H and O–H groups in total. The quantitative estimate of drug-likeness (QED) is 0.507. The third kappa shape index (κ3) is 1.78. The summed E-state index contributed by atoms with van der Waals surface area (Å²) in [6.07, 6.45) is 0. The largest absolute Gasteiger partial charge is 0.397 e. The van der Waals surface area contributed by atoms with Crippen molar-refractivity contribution in [2.75, 3.05) is 11.5 Å². The maximum atomic E-state index is 5.92. The fraction of sp³-hybridized carbons (Fsp3) is 0. The zero-order valence-electron chi connectivity index (χ0n) is 8.14. The summed E-state index contributed by atoms with van der Waals surface area (Å²) in [4.78, 5) is 0.898. The summed E-state index contributed by atoms with van der Waals surface area (Å²) >= 11 is 4.39. The van der Waals surface area contributed by atoms with Crippen molar-refractivity contribution in [1.29, 1.82) is 0 Å². The van der Waals surface area contributed by atoms with E-state index in [0.29, 0.717) is 11.4 Å². The van der Waals surface area contributed by atoms with Gasteiger partial charge in [-0.15, -0.1) is 12.6 Å². The van der Waals surface area contributed by atoms with Crippen LogP contribution >= 0.6 is 12.6 Å². The maximum absolute atomic E-state index is 5.92. The number of anilines is 2. The molecule has 0 fully saturated rings. The Morgan fingerprint density at radius 1 is 0.800 bits per heavy atom. The van der Waals surface area contributed by atoms with Gasteiger partial charge in [0.25, 0.3) is 0 Å². The van der Waals surface area contributed by atoms with Gasteiger partial charge in [-0.2, -0.15) is 0 Å². The van der Waals surface area contributed by atoms with Crippen molar-refractivity contribution in [3.05, 3.63) is 42.5 Å². The van der Waals surface area contributed by atoms with Crippen molar-refractivity contribution < 1.29 is 0 Å². The fourth-order valence-corrected chi connectivity index (χ4v) is 1.80. The zero-order valence-corrected chi connectivity index (χ0v) is 9.04. The van der Waals surface area contributed by atoms with E-state index in [-0.39, 0.29) is 0 Å². The van der Waals surface area contributed by atoms with Gasteiger partial charge in [0.2, 0.25) is 0 Å². The van der Waals surface area contributed by atoms with Crippen LogP contribution in [0, 0.1) is 0 Å². The summed E-state index contributed by atoms with van der Waals surface area (Å²) in [7, 11) is 0. The van der Waals surface area contributed by atoms with Crippen molar-refractivity contribution in [3.63, 3.8) is 0 Å². The molecule has 0 saturated heterocycles. The highest BCUT2D eigenvalue weighted by molar-refractivity contribution is 7.80. The van der Waals surface area contributed by atoms with Crippen LogP contribution in [0.15, 0.2) is 47.4 Å². The average Bonchev–Trinajstić information content (AvgIpc) is 2.23. The van der Waals surface area contributed by atoms with Gasteiger partial charge < -0.3 is 11.5 Å². The maximum Gasteiger partial charge on any atom is 0.0627 e. The van der Waals surface area contributed by atoms with E-state index in [4.69, 9.17) is 11.5 Å². The topological polar surface area (TPSA) is 52.0 Å². The highest BCUT2D eigenvalue weighted by Crippen LogP contribution is 2.33. The first-order valence-electron chi connectivity index (χ1n) is 4.62. The van der Waals surface area contributed by atoms with Crippen LogP contribution in [-0.4, -0.2) is 0 Å². The van der Waals surface area contributed by atoms with E-state index in [9.17, 15) is 0 Å². The molecule has 0 aliphatic rings. The summed E-state index contributed by atoms with van der Waals surface area (Å²) in [5, 5.41) is 0. The first-order chi connectivity index (χ1) is 7.20. The second-order valence-electron chi connectivity index (χ2n) is 3.33. The van der Waals surface area contributed by atoms with Gasteiger partial charge in [0, 0.05) is 10.5 Å². The molecule has 0 atom stereocenters. The molecule has 0 saturated carbocycles. The lowest BCUT2D eigenvalue weighted by molar-refractivity contribution is 1.46. The zero-order chi connectivity index (χ0) is 10.8. The molecule has 2 aromatic carbocycles. The van der Waals surface area contributed by atoms with Gasteiger partial charge in [-0.25, -0.2) is 0 Å². The molecular formula is C12H12N2S. The third-order valence-electron chi connectivity index (χ3n) is 2.33. The summed E-state index contributed by atoms with van der Waals surface area (Å²) in [6, 6.07) is 13.4. The lowest BCUT2D eigenvalue weighted by Crippen LogP contribution is -1.97. The number of nitrogen functional groups attached to an aromatic ring is 2. The molecule has 3 heteroatoms. The Balaban J connectivity index is 2.65. The van der Waals surface area contributed by atoms with Crippen LogP contribution in [0.2, 0.25) is 0 Å². The highest BCUT2D eigenvalue weighted by atomic mass is 32.1. The van der Waals surface area contributed by atoms with Crippen molar-refractivity contribution in [2.45, 2.75) is 4.90 Å². The summed E-state index contributed by atoms with van der Waals surface area (Å²) in [5.41, 5.74) is 14.8. The lowest BCUT2D eigenvalue weighted by atomic mass is 10.0. The number of para-hydroxylation sites is 1. The van der Waals surface area contributed by atoms with Gasteiger partial charge in [-0.3, -0.25) is 0 Å². The number of rotatable bonds is 1. The molecule has 2 aromatic rings. The molecule has 0 amide bonds. The van der Waals surface area contributed by atoms with Crippen LogP contribution in [0.25, 0.3) is 11.1 Å². The predicted molar refractivity (Wildman–Crippen MR) is 68.0 cm³/mol. The Kier molecular flexibility index (Phi) is 2.56. The molecule has 0 bridgehead atoms. The van der Waals surface area contributed by atoms with Crippen LogP contribution in [0.3, 0.4) is 0 Å². The SMILES string of the molecule is Nc1cccc(-c2ccccc2S)c1N. The molecule has 15 heavy (non-hydrogen) atoms. The predicted octanol–water partition coefficient (Wildman–Crippen LogP) is 2.81. The van der Waals surface area contributed by atoms with Crippen molar-refractivity contribution in [3.8, 4) is 11.1 Å². The van der Waals surface area contributed by atoms with Crippen molar-refractivity contribution >= 4 is 24.0 Å². The lowest BCUT2D eigenvalue weighted by Gasteiger charge is -2.09. The van der Waals surface area contributed by atoms with Crippen LogP contribution < -0.4 is 11.5 Å². The van der Waals surface area contributed by atoms with Crippen LogP contribution in [0.4, 0.5) is 11.4 Å². The minimum absolute atomic E-state index is 0.601. The Labute approximate surface area is 94.3 Å². The van der Waals surface area contributed by atoms with Gasteiger partial charge in [-0.05, 0) is 17.7 Å². The standard InChI is InChI=1S/C12H12N2S/c13-10-6-3-5-9(12(10)14)8-4-1-2-7-11(8)15/h1-7,15H,13-14H2. The molecule has 0 unspecified atom stereocenters. The minimum Gasteiger partial charge on any atom is -0.397 e. The fourth-order valence-electron chi connectivity index (χ4n) is 1.52. The molecule has 0 aliphatic heterocycles. The van der Waals surface area contributed by atoms with Gasteiger partial charge in [0.1, 0.15) is 0 Å². The minimum atomic E-state index is 0.601. The molecule has 0 heterocycles. The molecule has 0 radical (unpaired) electrons. The Morgan fingerprint density at radius 3 is 2.20 bits per heavy atom. The van der Waals surface area contributed by atoms with E-state index in [1.807, 2.05) is 36.4 Å². The Bertz CT molecular complexity index is 495. The third-order valence-corrected chi connectivity index (χ3v) is 2.72. The molecule has 0 aliphatic carbocycles. The van der Waals surface area contributed by atoms with Gasteiger partial charge >= 0.3 is 0 Å². The smallest absolute Gasteiger partial charge is 0.0627 e. The highest BCUT2D eigenvalue weighted by Gasteiger charge is 2.06. The number of thiol groups is 1. The first-order valence-corrected chi connectivity index (χ1v) is 5.07. The molecular weight excluding hydrogens is 204 g/mol. The number of benzene rings is 2. The summed E-state index contributed by atoms with van der Waals surface area (Å²) < 4.78 is 0. The van der Waals surface area contributed by atoms with Crippen LogP contribution in [-0.2, 0) is 0 Å². The van der Waals surface area contributed by atoms with E-state index in [2.05, 4.69) is 12.6 Å². The monoisotopic (exact) mass is 216 g/mol. The van der Waals surface area contributed by atoms with Crippen molar-refractivity contribution in [2.24, 2.45) is 0 Å². The van der Waals surface area contributed by atoms with Gasteiger partial charge in [-0.1, -0.05) is 30.3 Å². The number of hydrogen-bond acceptors (Lipinski definition) is 3. The molecule has 0 spiro atoms. The molecule has 76 valence electrons. The summed E-state index contributed by atoms with van der Waals surface area (Å²) in [6.45, 7) is 0. The molecule has 2 rings (SSSR count). The van der Waals surface area contributed by atoms with Crippen LogP contribution in [0.5, 0.6) is 0 Å². The number of nitrogens with two attached hydrogens (primary N) is 2. The van der Waals surface area contributed by atoms with E-state index in [1.165, 1.54) is 0 Å². The number of hydrogen-bond donors (Lipinski definition) is 3. The van der Waals surface area contributed by atoms with E-state index < -0.39 is 0 Å². The molecule has 2 nitrogen and oxygen atoms in total. The second kappa shape index (κ2) is 3.87. The summed E-state index contributed by atoms with van der Waals surface area (Å²) in [5.74, 6) is 0. The van der Waals surface area contributed by atoms with E-state index in [0.717, 1.165) is 16.0 Å². The van der Waals surface area contributed by atoms with Gasteiger partial charge in [0.05, 0.1) is 11.4 Å². The Hall–Kier alpha value is -1.61. The average molecular weight is 216 g/mol. The van der Waals surface area contributed by atoms with E-state index >= 15 is 0 Å². The Morgan fingerprint density at radius 2 is 1.47 bits per heavy atom. The molecule has 0 aromatic heterocycles. The van der Waals surface area contributed by atoms with Gasteiger partial charge in [0.15, 0.2) is 0 Å². The van der Waals surface area contributed by atoms with Crippen LogP contribution in [0.1, 0.15) is 0 Å². The second-order valence-corrected chi connectivity index (χ2v) is 3.81. The van der Waals surface area contributed by atoms with E-state index in [1.54, 1.807) is 6.07 Å². The first kappa shape index (κ1) is 9.93. The normalized spacial score (nSPS) is 10.2.